The van der Waals surface area contributed by atoms with Crippen molar-refractivity contribution in [3.05, 3.63) is 58.1 Å². The molecule has 1 aliphatic rings. The lowest BCUT2D eigenvalue weighted by atomic mass is 9.83. The summed E-state index contributed by atoms with van der Waals surface area (Å²) in [6.07, 6.45) is 0. The van der Waals surface area contributed by atoms with Crippen molar-refractivity contribution in [3.63, 3.8) is 0 Å². The van der Waals surface area contributed by atoms with Crippen LogP contribution in [0.25, 0.3) is 0 Å². The Morgan fingerprint density at radius 3 is 1.78 bits per heavy atom. The number of carboxylic acid groups (broad SMARTS) is 1. The van der Waals surface area contributed by atoms with Crippen LogP contribution in [-0.2, 0) is 20.2 Å². The van der Waals surface area contributed by atoms with E-state index >= 15 is 0 Å². The van der Waals surface area contributed by atoms with Crippen LogP contribution in [0.2, 0.25) is 0 Å². The van der Waals surface area contributed by atoms with E-state index in [-0.39, 0.29) is 5.56 Å². The lowest BCUT2D eigenvalue weighted by Crippen LogP contribution is -2.23. The highest BCUT2D eigenvalue weighted by molar-refractivity contribution is 7.86. The van der Waals surface area contributed by atoms with Crippen molar-refractivity contribution in [2.24, 2.45) is 0 Å². The second-order valence-electron chi connectivity index (χ2n) is 5.51. The van der Waals surface area contributed by atoms with Gasteiger partial charge in [0.15, 0.2) is 11.6 Å². The van der Waals surface area contributed by atoms with Crippen LogP contribution >= 0.6 is 0 Å². The van der Waals surface area contributed by atoms with Gasteiger partial charge in [-0.05, 0) is 30.3 Å². The third-order valence-corrected chi connectivity index (χ3v) is 5.64. The zero-order chi connectivity index (χ0) is 20.3. The van der Waals surface area contributed by atoms with Crippen LogP contribution in [0.5, 0.6) is 0 Å². The van der Waals surface area contributed by atoms with E-state index in [1.54, 1.807) is 0 Å². The predicted molar refractivity (Wildman–Crippen MR) is 86.3 cm³/mol. The molecule has 140 valence electrons. The summed E-state index contributed by atoms with van der Waals surface area (Å²) in [7, 11) is -9.72. The van der Waals surface area contributed by atoms with E-state index in [0.29, 0.717) is 12.1 Å². The number of ketones is 2. The Morgan fingerprint density at radius 1 is 0.741 bits per heavy atom. The topological polar surface area (TPSA) is 180 Å². The highest BCUT2D eigenvalue weighted by atomic mass is 32.2. The first-order valence-electron chi connectivity index (χ1n) is 6.92. The molecule has 0 radical (unpaired) electrons. The fourth-order valence-corrected chi connectivity index (χ4v) is 3.89. The molecule has 0 amide bonds. The van der Waals surface area contributed by atoms with Crippen molar-refractivity contribution in [2.75, 3.05) is 0 Å². The minimum absolute atomic E-state index is 0.254. The number of hydrogen-bond donors (Lipinski definition) is 3. The predicted octanol–water partition coefficient (Wildman–Crippen LogP) is 0.654. The molecule has 10 nitrogen and oxygen atoms in total. The van der Waals surface area contributed by atoms with Crippen molar-refractivity contribution < 1.29 is 45.4 Å². The molecule has 1 aliphatic carbocycles. The number of hydrogen-bond acceptors (Lipinski definition) is 7. The van der Waals surface area contributed by atoms with Gasteiger partial charge in [-0.3, -0.25) is 18.7 Å². The Bertz CT molecular complexity index is 1270. The molecule has 0 fully saturated rings. The molecule has 2 aromatic rings. The van der Waals surface area contributed by atoms with Crippen LogP contribution in [0.15, 0.2) is 40.1 Å². The van der Waals surface area contributed by atoms with Crippen molar-refractivity contribution in [2.45, 2.75) is 9.79 Å². The molecule has 12 heteroatoms. The van der Waals surface area contributed by atoms with Gasteiger partial charge in [0, 0.05) is 22.3 Å². The van der Waals surface area contributed by atoms with Gasteiger partial charge >= 0.3 is 5.97 Å². The lowest BCUT2D eigenvalue weighted by Gasteiger charge is -2.19. The monoisotopic (exact) mass is 412 g/mol. The molecule has 3 N–H and O–H groups in total. The second-order valence-corrected chi connectivity index (χ2v) is 8.33. The van der Waals surface area contributed by atoms with E-state index < -0.39 is 69.8 Å². The number of carboxylic acids is 1. The third kappa shape index (κ3) is 3.04. The van der Waals surface area contributed by atoms with Gasteiger partial charge in [-0.25, -0.2) is 4.79 Å². The van der Waals surface area contributed by atoms with Gasteiger partial charge in [0.05, 0.1) is 10.5 Å². The molecule has 27 heavy (non-hydrogen) atoms. The summed E-state index contributed by atoms with van der Waals surface area (Å²) in [5, 5.41) is 9.14. The molecule has 0 aliphatic heterocycles. The van der Waals surface area contributed by atoms with Crippen molar-refractivity contribution in [1.82, 2.24) is 0 Å². The average molecular weight is 412 g/mol. The first kappa shape index (κ1) is 18.8. The smallest absolute Gasteiger partial charge is 0.337 e. The Hall–Kier alpha value is -2.93. The van der Waals surface area contributed by atoms with Crippen LogP contribution in [-0.4, -0.2) is 48.6 Å². The van der Waals surface area contributed by atoms with Crippen LogP contribution in [0.1, 0.15) is 42.2 Å². The van der Waals surface area contributed by atoms with Gasteiger partial charge in [-0.15, -0.1) is 0 Å². The Morgan fingerprint density at radius 2 is 1.26 bits per heavy atom. The molecule has 0 saturated carbocycles. The Balaban J connectivity index is 2.35. The van der Waals surface area contributed by atoms with Crippen LogP contribution < -0.4 is 0 Å². The highest BCUT2D eigenvalue weighted by Crippen LogP contribution is 2.32. The van der Waals surface area contributed by atoms with Gasteiger partial charge in [-0.1, -0.05) is 0 Å². The lowest BCUT2D eigenvalue weighted by molar-refractivity contribution is 0.0691. The number of fused-ring (bicyclic) bond motifs is 2. The van der Waals surface area contributed by atoms with Gasteiger partial charge in [0.2, 0.25) is 0 Å². The minimum atomic E-state index is -5.04. The maximum Gasteiger partial charge on any atom is 0.337 e. The summed E-state index contributed by atoms with van der Waals surface area (Å²) >= 11 is 0. The molecule has 0 saturated heterocycles. The molecule has 0 spiro atoms. The molecule has 3 rings (SSSR count). The molecule has 0 atom stereocenters. The Kier molecular flexibility index (Phi) is 4.04. The highest BCUT2D eigenvalue weighted by Gasteiger charge is 2.34. The van der Waals surface area contributed by atoms with Crippen LogP contribution in [0.4, 0.5) is 0 Å². The van der Waals surface area contributed by atoms with E-state index in [9.17, 15) is 35.8 Å². The summed E-state index contributed by atoms with van der Waals surface area (Å²) in [5.41, 5.74) is -2.53. The zero-order valence-corrected chi connectivity index (χ0v) is 14.5. The van der Waals surface area contributed by atoms with Crippen molar-refractivity contribution in [3.8, 4) is 0 Å². The largest absolute Gasteiger partial charge is 0.478 e. The number of benzene rings is 2. The van der Waals surface area contributed by atoms with E-state index in [1.807, 2.05) is 0 Å². The minimum Gasteiger partial charge on any atom is -0.478 e. The van der Waals surface area contributed by atoms with E-state index in [0.717, 1.165) is 18.2 Å². The van der Waals surface area contributed by atoms with Crippen molar-refractivity contribution >= 4 is 37.8 Å². The van der Waals surface area contributed by atoms with Crippen molar-refractivity contribution in [1.29, 1.82) is 0 Å². The first-order chi connectivity index (χ1) is 12.3. The number of carbonyl (C=O) groups is 3. The molecular formula is C15H8O10S2. The molecule has 0 aromatic heterocycles. The van der Waals surface area contributed by atoms with E-state index in [4.69, 9.17) is 9.66 Å². The molecule has 0 bridgehead atoms. The zero-order valence-electron chi connectivity index (χ0n) is 12.9. The summed E-state index contributed by atoms with van der Waals surface area (Å²) in [6, 6.07) is 3.79. The number of aromatic carboxylic acids is 1. The quantitative estimate of drug-likeness (QED) is 0.517. The fourth-order valence-electron chi connectivity index (χ4n) is 2.70. The fraction of sp³-hybridized carbons (Fsp3) is 0. The average Bonchev–Trinajstić information content (AvgIpc) is 2.56. The summed E-state index contributed by atoms with van der Waals surface area (Å²) in [5.74, 6) is -3.59. The molecule has 0 unspecified atom stereocenters. The van der Waals surface area contributed by atoms with Crippen LogP contribution in [0.3, 0.4) is 0 Å². The molecule has 0 heterocycles. The summed E-state index contributed by atoms with van der Waals surface area (Å²) in [6.45, 7) is 0. The van der Waals surface area contributed by atoms with E-state index in [2.05, 4.69) is 0 Å². The summed E-state index contributed by atoms with van der Waals surface area (Å²) in [4.78, 5) is 34.7. The second kappa shape index (κ2) is 5.79. The maximum atomic E-state index is 12.6. The van der Waals surface area contributed by atoms with Gasteiger partial charge < -0.3 is 5.11 Å². The maximum absolute atomic E-state index is 12.6. The normalized spacial score (nSPS) is 13.9. The van der Waals surface area contributed by atoms with Crippen LogP contribution in [0, 0.1) is 0 Å². The summed E-state index contributed by atoms with van der Waals surface area (Å²) < 4.78 is 63.7. The number of carbonyl (C=O) groups excluding carboxylic acids is 2. The number of rotatable bonds is 3. The first-order valence-corrected chi connectivity index (χ1v) is 9.80. The third-order valence-electron chi connectivity index (χ3n) is 3.90. The molecular weight excluding hydrogens is 404 g/mol. The van der Waals surface area contributed by atoms with Gasteiger partial charge in [0.25, 0.3) is 20.2 Å². The molecule has 2 aromatic carbocycles. The standard InChI is InChI=1S/C15H8O10S2/c16-13-7-2-1-6(26(20,21)22)3-8(7)14(17)10-5-12(27(23,24)25)11(15(18)19)4-9(10)13/h1-5H,(H,18,19)(H,20,21,22)(H,23,24,25). The Labute approximate surface area is 151 Å². The van der Waals surface area contributed by atoms with Gasteiger partial charge in [-0.2, -0.15) is 16.8 Å². The van der Waals surface area contributed by atoms with E-state index in [1.165, 1.54) is 0 Å². The van der Waals surface area contributed by atoms with Gasteiger partial charge in [0.1, 0.15) is 4.90 Å². The SMILES string of the molecule is O=C1c2ccc(S(=O)(=O)O)cc2C(=O)c2cc(S(=O)(=O)O)c(C(=O)O)cc21.